The number of amides is 3. The summed E-state index contributed by atoms with van der Waals surface area (Å²) in [5.41, 5.74) is -4.20. The first-order valence-corrected chi connectivity index (χ1v) is 12.3. The summed E-state index contributed by atoms with van der Waals surface area (Å²) in [4.78, 5) is 29.0. The number of imide groups is 1. The third-order valence-electron chi connectivity index (χ3n) is 6.75. The molecule has 0 saturated carbocycles. The SMILES string of the molecule is N#CCN1C(=O)N(c2ccc(C#N)c(C(F)(F)F)c2)C(=O)C1(COC1CCCCO1)COC1CCCCO1. The topological polar surface area (TPSA) is 125 Å². The highest BCUT2D eigenvalue weighted by Gasteiger charge is 2.59. The van der Waals surface area contributed by atoms with E-state index >= 15 is 0 Å². The number of anilines is 1. The number of carbonyl (C=O) groups excluding carboxylic acids is 2. The van der Waals surface area contributed by atoms with Crippen LogP contribution in [-0.2, 0) is 29.9 Å². The second kappa shape index (κ2) is 11.7. The molecule has 10 nitrogen and oxygen atoms in total. The molecule has 2 atom stereocenters. The number of urea groups is 1. The predicted molar refractivity (Wildman–Crippen MR) is 123 cm³/mol. The Morgan fingerprint density at radius 3 is 2.08 bits per heavy atom. The maximum absolute atomic E-state index is 14.0. The molecule has 3 aliphatic rings. The van der Waals surface area contributed by atoms with Crippen molar-refractivity contribution in [2.24, 2.45) is 0 Å². The molecule has 3 amide bonds. The van der Waals surface area contributed by atoms with Gasteiger partial charge in [0.1, 0.15) is 6.54 Å². The van der Waals surface area contributed by atoms with E-state index in [-0.39, 0.29) is 5.69 Å². The Labute approximate surface area is 217 Å². The van der Waals surface area contributed by atoms with E-state index in [2.05, 4.69) is 0 Å². The molecule has 3 saturated heterocycles. The van der Waals surface area contributed by atoms with Gasteiger partial charge < -0.3 is 18.9 Å². The van der Waals surface area contributed by atoms with E-state index in [9.17, 15) is 28.0 Å². The molecule has 3 aliphatic heterocycles. The zero-order valence-corrected chi connectivity index (χ0v) is 20.5. The highest BCUT2D eigenvalue weighted by Crippen LogP contribution is 2.39. The summed E-state index contributed by atoms with van der Waals surface area (Å²) in [6.45, 7) is -0.453. The quantitative estimate of drug-likeness (QED) is 0.364. The number of halogens is 3. The maximum atomic E-state index is 14.0. The fraction of sp³-hybridized carbons (Fsp3) is 0.600. The highest BCUT2D eigenvalue weighted by molar-refractivity contribution is 6.23. The summed E-state index contributed by atoms with van der Waals surface area (Å²) in [5, 5.41) is 18.6. The number of alkyl halides is 3. The van der Waals surface area contributed by atoms with E-state index < -0.39 is 67.1 Å². The zero-order valence-electron chi connectivity index (χ0n) is 20.5. The molecule has 1 aromatic rings. The van der Waals surface area contributed by atoms with Crippen molar-refractivity contribution in [1.29, 1.82) is 10.5 Å². The number of hydrogen-bond acceptors (Lipinski definition) is 8. The molecular weight excluding hydrogens is 509 g/mol. The Bertz CT molecular complexity index is 1100. The van der Waals surface area contributed by atoms with Crippen LogP contribution in [-0.4, -0.2) is 67.9 Å². The van der Waals surface area contributed by atoms with Crippen LogP contribution in [0.4, 0.5) is 23.7 Å². The van der Waals surface area contributed by atoms with Gasteiger partial charge in [-0.05, 0) is 56.7 Å². The molecule has 0 bridgehead atoms. The van der Waals surface area contributed by atoms with E-state index in [1.807, 2.05) is 6.07 Å². The Morgan fingerprint density at radius 2 is 1.61 bits per heavy atom. The fourth-order valence-corrected chi connectivity index (χ4v) is 4.70. The van der Waals surface area contributed by atoms with E-state index in [1.165, 1.54) is 6.07 Å². The highest BCUT2D eigenvalue weighted by atomic mass is 19.4. The molecule has 2 unspecified atom stereocenters. The van der Waals surface area contributed by atoms with Gasteiger partial charge >= 0.3 is 12.2 Å². The molecule has 0 spiro atoms. The number of benzene rings is 1. The maximum Gasteiger partial charge on any atom is 0.417 e. The molecule has 0 aliphatic carbocycles. The fourth-order valence-electron chi connectivity index (χ4n) is 4.70. The van der Waals surface area contributed by atoms with Crippen molar-refractivity contribution >= 4 is 17.6 Å². The van der Waals surface area contributed by atoms with E-state index in [4.69, 9.17) is 24.2 Å². The average Bonchev–Trinajstić information content (AvgIpc) is 3.12. The second-order valence-electron chi connectivity index (χ2n) is 9.25. The summed E-state index contributed by atoms with van der Waals surface area (Å²) in [6, 6.07) is 4.87. The van der Waals surface area contributed by atoms with Gasteiger partial charge in [0.2, 0.25) is 0 Å². The third kappa shape index (κ3) is 5.61. The van der Waals surface area contributed by atoms with Gasteiger partial charge in [0.05, 0.1) is 42.2 Å². The molecule has 3 fully saturated rings. The van der Waals surface area contributed by atoms with Gasteiger partial charge in [-0.15, -0.1) is 0 Å². The van der Waals surface area contributed by atoms with E-state index in [0.29, 0.717) is 37.0 Å². The number of rotatable bonds is 8. The van der Waals surface area contributed by atoms with E-state index in [0.717, 1.165) is 42.7 Å². The normalized spacial score (nSPS) is 26.3. The first-order chi connectivity index (χ1) is 18.2. The van der Waals surface area contributed by atoms with Crippen molar-refractivity contribution in [3.05, 3.63) is 29.3 Å². The summed E-state index contributed by atoms with van der Waals surface area (Å²) < 4.78 is 63.9. The number of nitrogens with zero attached hydrogens (tertiary/aromatic N) is 4. The Morgan fingerprint density at radius 1 is 1.00 bits per heavy atom. The zero-order chi connectivity index (χ0) is 27.3. The summed E-state index contributed by atoms with van der Waals surface area (Å²) in [5.74, 6) is -0.915. The number of ether oxygens (including phenoxy) is 4. The standard InChI is InChI=1S/C25H27F3N4O6/c26-25(27,28)19-13-18(8-7-17(19)14-30)32-22(33)24(31(10-9-29)23(32)34,15-37-20-5-1-3-11-35-20)16-38-21-6-2-4-12-36-21/h7-8,13,20-21H,1-6,10-12,15-16H2. The lowest BCUT2D eigenvalue weighted by atomic mass is 9.99. The smallest absolute Gasteiger partial charge is 0.353 e. The van der Waals surface area contributed by atoms with Crippen molar-refractivity contribution in [3.63, 3.8) is 0 Å². The second-order valence-corrected chi connectivity index (χ2v) is 9.25. The lowest BCUT2D eigenvalue weighted by molar-refractivity contribution is -0.204. The van der Waals surface area contributed by atoms with Gasteiger partial charge in [-0.25, -0.2) is 9.69 Å². The Balaban J connectivity index is 1.71. The summed E-state index contributed by atoms with van der Waals surface area (Å²) in [7, 11) is 0. The molecule has 0 aromatic heterocycles. The molecule has 4 rings (SSSR count). The molecule has 38 heavy (non-hydrogen) atoms. The monoisotopic (exact) mass is 536 g/mol. The van der Waals surface area contributed by atoms with Gasteiger partial charge in [-0.2, -0.15) is 23.7 Å². The minimum atomic E-state index is -4.90. The predicted octanol–water partition coefficient (Wildman–Crippen LogP) is 3.69. The van der Waals surface area contributed by atoms with Gasteiger partial charge in [0.15, 0.2) is 18.1 Å². The van der Waals surface area contributed by atoms with Crippen LogP contribution in [0.3, 0.4) is 0 Å². The minimum Gasteiger partial charge on any atom is -0.353 e. The average molecular weight is 537 g/mol. The van der Waals surface area contributed by atoms with Crippen LogP contribution in [0.1, 0.15) is 49.7 Å². The van der Waals surface area contributed by atoms with Crippen molar-refractivity contribution < 1.29 is 41.7 Å². The van der Waals surface area contributed by atoms with E-state index in [1.54, 1.807) is 0 Å². The molecule has 0 N–H and O–H groups in total. The third-order valence-corrected chi connectivity index (χ3v) is 6.75. The van der Waals surface area contributed by atoms with Gasteiger partial charge in [0.25, 0.3) is 5.91 Å². The van der Waals surface area contributed by atoms with Crippen LogP contribution in [0.25, 0.3) is 0 Å². The summed E-state index contributed by atoms with van der Waals surface area (Å²) in [6.07, 6.45) is -1.75. The number of carbonyl (C=O) groups is 2. The van der Waals surface area contributed by atoms with Crippen LogP contribution in [0, 0.1) is 22.7 Å². The van der Waals surface area contributed by atoms with Crippen LogP contribution < -0.4 is 4.90 Å². The van der Waals surface area contributed by atoms with Gasteiger partial charge in [-0.3, -0.25) is 9.69 Å². The summed E-state index contributed by atoms with van der Waals surface area (Å²) >= 11 is 0. The van der Waals surface area contributed by atoms with Crippen LogP contribution >= 0.6 is 0 Å². The lowest BCUT2D eigenvalue weighted by Gasteiger charge is -2.36. The minimum absolute atomic E-state index is 0.390. The van der Waals surface area contributed by atoms with Crippen LogP contribution in [0.2, 0.25) is 0 Å². The first kappa shape index (κ1) is 27.8. The van der Waals surface area contributed by atoms with Crippen LogP contribution in [0.5, 0.6) is 0 Å². The lowest BCUT2D eigenvalue weighted by Crippen LogP contribution is -2.58. The molecule has 1 aromatic carbocycles. The van der Waals surface area contributed by atoms with Crippen LogP contribution in [0.15, 0.2) is 18.2 Å². The molecular formula is C25H27F3N4O6. The molecule has 0 radical (unpaired) electrons. The number of hydrogen-bond donors (Lipinski definition) is 0. The molecule has 204 valence electrons. The largest absolute Gasteiger partial charge is 0.417 e. The Kier molecular flexibility index (Phi) is 8.53. The van der Waals surface area contributed by atoms with Crippen molar-refractivity contribution in [2.75, 3.05) is 37.9 Å². The van der Waals surface area contributed by atoms with Gasteiger partial charge in [-0.1, -0.05) is 0 Å². The van der Waals surface area contributed by atoms with Gasteiger partial charge in [0, 0.05) is 13.2 Å². The first-order valence-electron chi connectivity index (χ1n) is 12.3. The van der Waals surface area contributed by atoms with Crippen molar-refractivity contribution in [2.45, 2.75) is 62.8 Å². The number of nitriles is 2. The molecule has 13 heteroatoms. The van der Waals surface area contributed by atoms with Crippen molar-refractivity contribution in [1.82, 2.24) is 4.90 Å². The molecule has 3 heterocycles. The Hall–Kier alpha value is -3.23. The van der Waals surface area contributed by atoms with Crippen molar-refractivity contribution in [3.8, 4) is 12.1 Å².